The van der Waals surface area contributed by atoms with Crippen LogP contribution in [0.1, 0.15) is 20.7 Å². The van der Waals surface area contributed by atoms with Gasteiger partial charge in [0.15, 0.2) is 0 Å². The number of fused-ring (bicyclic) bond motifs is 1. The van der Waals surface area contributed by atoms with E-state index in [4.69, 9.17) is 4.74 Å². The van der Waals surface area contributed by atoms with Gasteiger partial charge in [0.25, 0.3) is 17.5 Å². The SMILES string of the molecule is COc1ccc([N+](=O)[O-])cc1NC(=O)NCN1C(=O)c2ccccc2C1=O. The first kappa shape index (κ1) is 17.9. The smallest absolute Gasteiger partial charge is 0.320 e. The number of ether oxygens (including phenoxy) is 1. The van der Waals surface area contributed by atoms with Crippen molar-refractivity contribution in [2.24, 2.45) is 0 Å². The molecule has 138 valence electrons. The molecule has 10 nitrogen and oxygen atoms in total. The Hall–Kier alpha value is -3.95. The highest BCUT2D eigenvalue weighted by atomic mass is 16.6. The average Bonchev–Trinajstić information content (AvgIpc) is 2.91. The van der Waals surface area contributed by atoms with E-state index in [2.05, 4.69) is 10.6 Å². The van der Waals surface area contributed by atoms with Gasteiger partial charge in [0.1, 0.15) is 12.4 Å². The van der Waals surface area contributed by atoms with Gasteiger partial charge in [-0.3, -0.25) is 24.6 Å². The largest absolute Gasteiger partial charge is 0.495 e. The summed E-state index contributed by atoms with van der Waals surface area (Å²) in [5, 5.41) is 15.7. The van der Waals surface area contributed by atoms with Crippen LogP contribution in [-0.4, -0.2) is 41.4 Å². The molecule has 2 aromatic carbocycles. The van der Waals surface area contributed by atoms with Crippen molar-refractivity contribution < 1.29 is 24.0 Å². The molecular formula is C17H14N4O6. The number of non-ortho nitro benzene ring substituents is 1. The monoisotopic (exact) mass is 370 g/mol. The molecule has 1 aliphatic heterocycles. The molecule has 3 rings (SSSR count). The summed E-state index contributed by atoms with van der Waals surface area (Å²) < 4.78 is 5.05. The number of carbonyl (C=O) groups is 3. The Kier molecular flexibility index (Phi) is 4.71. The Balaban J connectivity index is 1.68. The van der Waals surface area contributed by atoms with Crippen LogP contribution in [0.15, 0.2) is 42.5 Å². The minimum absolute atomic E-state index is 0.0755. The highest BCUT2D eigenvalue weighted by Gasteiger charge is 2.35. The van der Waals surface area contributed by atoms with E-state index in [1.165, 1.54) is 31.4 Å². The molecule has 2 N–H and O–H groups in total. The number of nitro groups is 1. The van der Waals surface area contributed by atoms with Gasteiger partial charge in [-0.25, -0.2) is 4.79 Å². The lowest BCUT2D eigenvalue weighted by molar-refractivity contribution is -0.384. The van der Waals surface area contributed by atoms with Crippen molar-refractivity contribution in [2.45, 2.75) is 0 Å². The molecule has 0 aromatic heterocycles. The summed E-state index contributed by atoms with van der Waals surface area (Å²) in [7, 11) is 1.35. The van der Waals surface area contributed by atoms with E-state index in [0.29, 0.717) is 0 Å². The highest BCUT2D eigenvalue weighted by molar-refractivity contribution is 6.21. The standard InChI is InChI=1S/C17H14N4O6/c1-27-14-7-6-10(21(25)26)8-13(14)19-17(24)18-9-20-15(22)11-4-2-3-5-12(11)16(20)23/h2-8H,9H2,1H3,(H2,18,19,24). The van der Waals surface area contributed by atoms with Crippen molar-refractivity contribution >= 4 is 29.2 Å². The number of anilines is 1. The summed E-state index contributed by atoms with van der Waals surface area (Å²) in [5.74, 6) is -0.802. The number of hydrogen-bond acceptors (Lipinski definition) is 6. The number of nitrogens with zero attached hydrogens (tertiary/aromatic N) is 2. The fraction of sp³-hybridized carbons (Fsp3) is 0.118. The van der Waals surface area contributed by atoms with Crippen LogP contribution < -0.4 is 15.4 Å². The van der Waals surface area contributed by atoms with Crippen LogP contribution in [0.4, 0.5) is 16.2 Å². The zero-order valence-electron chi connectivity index (χ0n) is 14.1. The number of nitro benzene ring substituents is 1. The summed E-state index contributed by atoms with van der Waals surface area (Å²) in [6.07, 6.45) is 0. The minimum atomic E-state index is -0.759. The van der Waals surface area contributed by atoms with Gasteiger partial charge < -0.3 is 15.4 Å². The van der Waals surface area contributed by atoms with Crippen LogP contribution in [0.5, 0.6) is 5.75 Å². The number of imide groups is 1. The van der Waals surface area contributed by atoms with Crippen molar-refractivity contribution in [3.8, 4) is 5.75 Å². The van der Waals surface area contributed by atoms with Gasteiger partial charge in [-0.15, -0.1) is 0 Å². The van der Waals surface area contributed by atoms with Crippen LogP contribution in [0.25, 0.3) is 0 Å². The molecule has 0 unspecified atom stereocenters. The van der Waals surface area contributed by atoms with Gasteiger partial charge >= 0.3 is 6.03 Å². The molecular weight excluding hydrogens is 356 g/mol. The van der Waals surface area contributed by atoms with Gasteiger partial charge in [-0.2, -0.15) is 0 Å². The second-order valence-corrected chi connectivity index (χ2v) is 5.51. The Bertz CT molecular complexity index is 923. The van der Waals surface area contributed by atoms with Gasteiger partial charge in [-0.1, -0.05) is 12.1 Å². The summed E-state index contributed by atoms with van der Waals surface area (Å²) in [6.45, 7) is -0.352. The molecule has 0 aliphatic carbocycles. The van der Waals surface area contributed by atoms with Gasteiger partial charge in [0, 0.05) is 12.1 Å². The molecule has 0 fully saturated rings. The van der Waals surface area contributed by atoms with E-state index >= 15 is 0 Å². The van der Waals surface area contributed by atoms with Crippen LogP contribution in [0.3, 0.4) is 0 Å². The Morgan fingerprint density at radius 3 is 2.33 bits per heavy atom. The van der Waals surface area contributed by atoms with Crippen molar-refractivity contribution in [1.29, 1.82) is 0 Å². The first-order valence-electron chi connectivity index (χ1n) is 7.75. The van der Waals surface area contributed by atoms with E-state index in [9.17, 15) is 24.5 Å². The van der Waals surface area contributed by atoms with Crippen molar-refractivity contribution in [3.05, 3.63) is 63.7 Å². The molecule has 10 heteroatoms. The normalized spacial score (nSPS) is 12.6. The van der Waals surface area contributed by atoms with Crippen molar-refractivity contribution in [3.63, 3.8) is 0 Å². The van der Waals surface area contributed by atoms with Crippen molar-refractivity contribution in [1.82, 2.24) is 10.2 Å². The lowest BCUT2D eigenvalue weighted by atomic mass is 10.1. The lowest BCUT2D eigenvalue weighted by Crippen LogP contribution is -2.42. The fourth-order valence-corrected chi connectivity index (χ4v) is 2.61. The average molecular weight is 370 g/mol. The Morgan fingerprint density at radius 1 is 1.15 bits per heavy atom. The molecule has 0 saturated carbocycles. The second kappa shape index (κ2) is 7.12. The van der Waals surface area contributed by atoms with Crippen LogP contribution in [-0.2, 0) is 0 Å². The number of methoxy groups -OCH3 is 1. The van der Waals surface area contributed by atoms with E-state index in [1.54, 1.807) is 12.1 Å². The number of benzene rings is 2. The topological polar surface area (TPSA) is 131 Å². The third-order valence-corrected chi connectivity index (χ3v) is 3.92. The van der Waals surface area contributed by atoms with Gasteiger partial charge in [0.2, 0.25) is 0 Å². The van der Waals surface area contributed by atoms with Gasteiger partial charge in [0.05, 0.1) is 28.8 Å². The first-order valence-corrected chi connectivity index (χ1v) is 7.75. The number of nitrogens with one attached hydrogen (secondary N) is 2. The molecule has 1 aliphatic rings. The Morgan fingerprint density at radius 2 is 1.78 bits per heavy atom. The van der Waals surface area contributed by atoms with E-state index in [-0.39, 0.29) is 34.9 Å². The molecule has 0 bridgehead atoms. The van der Waals surface area contributed by atoms with E-state index in [1.807, 2.05) is 0 Å². The number of hydrogen-bond donors (Lipinski definition) is 2. The summed E-state index contributed by atoms with van der Waals surface area (Å²) in [6, 6.07) is 9.31. The molecule has 0 atom stereocenters. The molecule has 0 saturated heterocycles. The van der Waals surface area contributed by atoms with E-state index < -0.39 is 22.8 Å². The van der Waals surface area contributed by atoms with Crippen molar-refractivity contribution in [2.75, 3.05) is 19.1 Å². The second-order valence-electron chi connectivity index (χ2n) is 5.51. The fourth-order valence-electron chi connectivity index (χ4n) is 2.61. The van der Waals surface area contributed by atoms with Gasteiger partial charge in [-0.05, 0) is 18.2 Å². The van der Waals surface area contributed by atoms with Crippen LogP contribution >= 0.6 is 0 Å². The number of urea groups is 1. The zero-order valence-corrected chi connectivity index (χ0v) is 14.1. The molecule has 0 radical (unpaired) electrons. The minimum Gasteiger partial charge on any atom is -0.495 e. The lowest BCUT2D eigenvalue weighted by Gasteiger charge is -2.16. The van der Waals surface area contributed by atoms with Crippen LogP contribution in [0.2, 0.25) is 0 Å². The van der Waals surface area contributed by atoms with E-state index in [0.717, 1.165) is 11.0 Å². The maximum absolute atomic E-state index is 12.2. The molecule has 1 heterocycles. The number of amides is 4. The first-order chi connectivity index (χ1) is 12.9. The predicted octanol–water partition coefficient (Wildman–Crippen LogP) is 1.98. The molecule has 2 aromatic rings. The summed E-state index contributed by atoms with van der Waals surface area (Å²) in [4.78, 5) is 47.7. The maximum atomic E-state index is 12.2. The maximum Gasteiger partial charge on any atom is 0.320 e. The summed E-state index contributed by atoms with van der Waals surface area (Å²) in [5.41, 5.74) is 0.383. The predicted molar refractivity (Wildman–Crippen MR) is 93.6 cm³/mol. The zero-order chi connectivity index (χ0) is 19.6. The third kappa shape index (κ3) is 3.40. The third-order valence-electron chi connectivity index (χ3n) is 3.92. The molecule has 4 amide bonds. The van der Waals surface area contributed by atoms with Crippen LogP contribution in [0, 0.1) is 10.1 Å². The number of carbonyl (C=O) groups excluding carboxylic acids is 3. The molecule has 0 spiro atoms. The Labute approximate surface area is 152 Å². The molecule has 27 heavy (non-hydrogen) atoms. The quantitative estimate of drug-likeness (QED) is 0.470. The highest BCUT2D eigenvalue weighted by Crippen LogP contribution is 2.28. The number of rotatable bonds is 5. The summed E-state index contributed by atoms with van der Waals surface area (Å²) >= 11 is 0.